The molecule has 0 aromatic rings. The predicted molar refractivity (Wildman–Crippen MR) is 84.8 cm³/mol. The van der Waals surface area contributed by atoms with Crippen LogP contribution in [-0.4, -0.2) is 48.8 Å². The van der Waals surface area contributed by atoms with Crippen molar-refractivity contribution in [3.05, 3.63) is 0 Å². The molecule has 118 valence electrons. The topological polar surface area (TPSA) is 35.5 Å². The fourth-order valence-electron chi connectivity index (χ4n) is 4.29. The van der Waals surface area contributed by atoms with E-state index in [1.54, 1.807) is 0 Å². The summed E-state index contributed by atoms with van der Waals surface area (Å²) in [5.74, 6) is 2.52. The van der Waals surface area contributed by atoms with E-state index in [0.717, 1.165) is 36.8 Å². The number of likely N-dealkylation sites (tertiary alicyclic amines) is 1. The molecule has 3 nitrogen and oxygen atoms in total. The van der Waals surface area contributed by atoms with Gasteiger partial charge in [0.15, 0.2) is 0 Å². The molecule has 4 atom stereocenters. The number of hydrogen-bond donors (Lipinski definition) is 2. The van der Waals surface area contributed by atoms with Crippen molar-refractivity contribution in [1.82, 2.24) is 10.2 Å². The minimum Gasteiger partial charge on any atom is -0.396 e. The number of nitrogens with zero attached hydrogens (tertiary/aromatic N) is 1. The third-order valence-electron chi connectivity index (χ3n) is 5.53. The van der Waals surface area contributed by atoms with E-state index < -0.39 is 0 Å². The van der Waals surface area contributed by atoms with E-state index in [4.69, 9.17) is 5.11 Å². The summed E-state index contributed by atoms with van der Waals surface area (Å²) in [5, 5.41) is 12.8. The molecule has 0 spiro atoms. The maximum atomic E-state index is 9.08. The Morgan fingerprint density at radius 3 is 2.70 bits per heavy atom. The molecule has 1 aliphatic carbocycles. The molecule has 0 aromatic heterocycles. The molecule has 2 fully saturated rings. The van der Waals surface area contributed by atoms with Crippen LogP contribution in [0, 0.1) is 17.8 Å². The Morgan fingerprint density at radius 1 is 1.15 bits per heavy atom. The van der Waals surface area contributed by atoms with E-state index in [9.17, 15) is 0 Å². The fraction of sp³-hybridized carbons (Fsp3) is 1.00. The number of aliphatic hydroxyl groups excluding tert-OH is 1. The van der Waals surface area contributed by atoms with E-state index in [1.165, 1.54) is 51.7 Å². The van der Waals surface area contributed by atoms with Crippen molar-refractivity contribution < 1.29 is 5.11 Å². The van der Waals surface area contributed by atoms with Crippen molar-refractivity contribution >= 4 is 0 Å². The van der Waals surface area contributed by atoms with Gasteiger partial charge in [0.25, 0.3) is 0 Å². The number of rotatable bonds is 7. The lowest BCUT2D eigenvalue weighted by Gasteiger charge is -2.38. The Bertz CT molecular complexity index is 272. The summed E-state index contributed by atoms with van der Waals surface area (Å²) >= 11 is 0. The lowest BCUT2D eigenvalue weighted by molar-refractivity contribution is 0.149. The van der Waals surface area contributed by atoms with Crippen LogP contribution in [0.1, 0.15) is 52.4 Å². The van der Waals surface area contributed by atoms with E-state index in [-0.39, 0.29) is 0 Å². The van der Waals surface area contributed by atoms with Crippen LogP contribution in [0.5, 0.6) is 0 Å². The first-order valence-electron chi connectivity index (χ1n) is 8.83. The third-order valence-corrected chi connectivity index (χ3v) is 5.53. The molecule has 2 rings (SSSR count). The first kappa shape index (κ1) is 16.3. The largest absolute Gasteiger partial charge is 0.396 e. The lowest BCUT2D eigenvalue weighted by atomic mass is 9.76. The molecular weight excluding hydrogens is 248 g/mol. The van der Waals surface area contributed by atoms with Crippen LogP contribution in [0.2, 0.25) is 0 Å². The van der Waals surface area contributed by atoms with Crippen LogP contribution >= 0.6 is 0 Å². The predicted octanol–water partition coefficient (Wildman–Crippen LogP) is 2.50. The summed E-state index contributed by atoms with van der Waals surface area (Å²) < 4.78 is 0. The first-order chi connectivity index (χ1) is 9.76. The second-order valence-corrected chi connectivity index (χ2v) is 6.94. The van der Waals surface area contributed by atoms with Crippen molar-refractivity contribution in [2.45, 2.75) is 58.4 Å². The highest BCUT2D eigenvalue weighted by Gasteiger charge is 2.32. The van der Waals surface area contributed by atoms with E-state index in [2.05, 4.69) is 24.1 Å². The van der Waals surface area contributed by atoms with Gasteiger partial charge in [-0.05, 0) is 62.9 Å². The normalized spacial score (nSPS) is 35.5. The molecule has 2 N–H and O–H groups in total. The van der Waals surface area contributed by atoms with Gasteiger partial charge in [0, 0.05) is 25.7 Å². The molecular formula is C17H34N2O. The Balaban J connectivity index is 1.84. The zero-order valence-electron chi connectivity index (χ0n) is 13.5. The molecule has 1 saturated carbocycles. The van der Waals surface area contributed by atoms with Crippen LogP contribution in [0.3, 0.4) is 0 Å². The van der Waals surface area contributed by atoms with Gasteiger partial charge in [0.1, 0.15) is 0 Å². The average Bonchev–Trinajstić information content (AvgIpc) is 2.89. The van der Waals surface area contributed by atoms with Crippen molar-refractivity contribution in [2.24, 2.45) is 17.8 Å². The minimum absolute atomic E-state index is 0.361. The van der Waals surface area contributed by atoms with Gasteiger partial charge in [-0.2, -0.15) is 0 Å². The maximum absolute atomic E-state index is 9.08. The van der Waals surface area contributed by atoms with Crippen molar-refractivity contribution in [2.75, 3.05) is 32.8 Å². The molecule has 20 heavy (non-hydrogen) atoms. The molecule has 1 heterocycles. The summed E-state index contributed by atoms with van der Waals surface area (Å²) in [6, 6.07) is 0.736. The molecule has 2 aliphatic rings. The SMILES string of the molecule is CCNC1CCC(CC)CC1CN1CCC(CCO)C1. The molecule has 1 aliphatic heterocycles. The zero-order chi connectivity index (χ0) is 14.4. The first-order valence-corrected chi connectivity index (χ1v) is 8.83. The maximum Gasteiger partial charge on any atom is 0.0434 e. The molecule has 3 heteroatoms. The van der Waals surface area contributed by atoms with Crippen LogP contribution in [0.15, 0.2) is 0 Å². The quantitative estimate of drug-likeness (QED) is 0.753. The Morgan fingerprint density at radius 2 is 2.00 bits per heavy atom. The summed E-state index contributed by atoms with van der Waals surface area (Å²) in [5.41, 5.74) is 0. The van der Waals surface area contributed by atoms with Gasteiger partial charge < -0.3 is 15.3 Å². The summed E-state index contributed by atoms with van der Waals surface area (Å²) in [4.78, 5) is 2.66. The molecule has 1 saturated heterocycles. The molecule has 0 bridgehead atoms. The Labute approximate surface area is 125 Å². The third kappa shape index (κ3) is 4.44. The van der Waals surface area contributed by atoms with Gasteiger partial charge in [-0.1, -0.05) is 20.3 Å². The van der Waals surface area contributed by atoms with E-state index in [0.29, 0.717) is 6.61 Å². The van der Waals surface area contributed by atoms with Crippen LogP contribution in [-0.2, 0) is 0 Å². The summed E-state index contributed by atoms with van der Waals surface area (Å²) in [6.07, 6.45) is 7.83. The summed E-state index contributed by atoms with van der Waals surface area (Å²) in [6.45, 7) is 9.78. The molecule has 0 amide bonds. The monoisotopic (exact) mass is 282 g/mol. The van der Waals surface area contributed by atoms with Crippen molar-refractivity contribution in [3.63, 3.8) is 0 Å². The number of aliphatic hydroxyl groups is 1. The highest BCUT2D eigenvalue weighted by molar-refractivity contribution is 4.88. The molecule has 0 aromatic carbocycles. The van der Waals surface area contributed by atoms with Gasteiger partial charge in [-0.3, -0.25) is 0 Å². The standard InChI is InChI=1S/C17H34N2O/c1-3-14-5-6-17(18-4-2)16(11-14)13-19-9-7-15(12-19)8-10-20/h14-18,20H,3-13H2,1-2H3. The Hall–Kier alpha value is -0.120. The summed E-state index contributed by atoms with van der Waals surface area (Å²) in [7, 11) is 0. The zero-order valence-corrected chi connectivity index (χ0v) is 13.5. The minimum atomic E-state index is 0.361. The van der Waals surface area contributed by atoms with Crippen molar-refractivity contribution in [1.29, 1.82) is 0 Å². The van der Waals surface area contributed by atoms with Gasteiger partial charge in [-0.15, -0.1) is 0 Å². The number of nitrogens with one attached hydrogen (secondary N) is 1. The molecule has 4 unspecified atom stereocenters. The Kier molecular flexibility index (Phi) is 6.79. The van der Waals surface area contributed by atoms with Gasteiger partial charge in [-0.25, -0.2) is 0 Å². The van der Waals surface area contributed by atoms with Gasteiger partial charge >= 0.3 is 0 Å². The van der Waals surface area contributed by atoms with Crippen LogP contribution in [0.4, 0.5) is 0 Å². The second-order valence-electron chi connectivity index (χ2n) is 6.94. The van der Waals surface area contributed by atoms with Crippen LogP contribution in [0.25, 0.3) is 0 Å². The van der Waals surface area contributed by atoms with Gasteiger partial charge in [0.2, 0.25) is 0 Å². The number of hydrogen-bond acceptors (Lipinski definition) is 3. The van der Waals surface area contributed by atoms with E-state index in [1.807, 2.05) is 0 Å². The lowest BCUT2D eigenvalue weighted by Crippen LogP contribution is -2.45. The highest BCUT2D eigenvalue weighted by Crippen LogP contribution is 2.33. The van der Waals surface area contributed by atoms with Crippen LogP contribution < -0.4 is 5.32 Å². The second kappa shape index (κ2) is 8.35. The highest BCUT2D eigenvalue weighted by atomic mass is 16.3. The van der Waals surface area contributed by atoms with Crippen molar-refractivity contribution in [3.8, 4) is 0 Å². The fourth-order valence-corrected chi connectivity index (χ4v) is 4.29. The van der Waals surface area contributed by atoms with Gasteiger partial charge in [0.05, 0.1) is 0 Å². The molecule has 0 radical (unpaired) electrons. The van der Waals surface area contributed by atoms with E-state index >= 15 is 0 Å². The smallest absolute Gasteiger partial charge is 0.0434 e. The average molecular weight is 282 g/mol.